The van der Waals surface area contributed by atoms with Gasteiger partial charge in [-0.15, -0.1) is 0 Å². The fourth-order valence-corrected chi connectivity index (χ4v) is 2.39. The van der Waals surface area contributed by atoms with Crippen molar-refractivity contribution in [1.82, 2.24) is 10.2 Å². The minimum absolute atomic E-state index is 0.0299. The molecule has 4 nitrogen and oxygen atoms in total. The van der Waals surface area contributed by atoms with E-state index in [2.05, 4.69) is 12.2 Å². The van der Waals surface area contributed by atoms with Gasteiger partial charge in [0.15, 0.2) is 0 Å². The van der Waals surface area contributed by atoms with Gasteiger partial charge in [0.25, 0.3) is 0 Å². The minimum Gasteiger partial charge on any atom is -0.381 e. The number of nitrogens with zero attached hydrogens (tertiary/aromatic N) is 1. The summed E-state index contributed by atoms with van der Waals surface area (Å²) in [5.74, 6) is 0.797. The van der Waals surface area contributed by atoms with E-state index in [0.717, 1.165) is 32.6 Å². The third-order valence-corrected chi connectivity index (χ3v) is 3.38. The predicted octanol–water partition coefficient (Wildman–Crippen LogP) is 0.579. The second kappa shape index (κ2) is 4.49. The smallest absolute Gasteiger partial charge is 0.241 e. The molecule has 0 bridgehead atoms. The monoisotopic (exact) mass is 212 g/mol. The van der Waals surface area contributed by atoms with Gasteiger partial charge in [-0.2, -0.15) is 0 Å². The van der Waals surface area contributed by atoms with E-state index in [9.17, 15) is 4.79 Å². The summed E-state index contributed by atoms with van der Waals surface area (Å²) < 4.78 is 5.33. The van der Waals surface area contributed by atoms with Crippen molar-refractivity contribution in [3.05, 3.63) is 0 Å². The Balaban J connectivity index is 1.93. The minimum atomic E-state index is 0.0299. The van der Waals surface area contributed by atoms with Crippen LogP contribution >= 0.6 is 0 Å². The van der Waals surface area contributed by atoms with Crippen LogP contribution in [0.15, 0.2) is 0 Å². The van der Waals surface area contributed by atoms with Crippen LogP contribution in [0.25, 0.3) is 0 Å². The summed E-state index contributed by atoms with van der Waals surface area (Å²) in [4.78, 5) is 13.9. The van der Waals surface area contributed by atoms with Gasteiger partial charge in [-0.05, 0) is 19.8 Å². The number of rotatable bonds is 3. The lowest BCUT2D eigenvalue weighted by Crippen LogP contribution is -2.38. The van der Waals surface area contributed by atoms with Gasteiger partial charge in [0, 0.05) is 19.1 Å². The first-order chi connectivity index (χ1) is 7.22. The zero-order valence-electron chi connectivity index (χ0n) is 9.53. The molecule has 2 saturated heterocycles. The van der Waals surface area contributed by atoms with E-state index in [1.165, 1.54) is 0 Å². The Morgan fingerprint density at radius 2 is 2.40 bits per heavy atom. The third-order valence-electron chi connectivity index (χ3n) is 3.38. The molecule has 1 amide bonds. The molecule has 3 unspecified atom stereocenters. The molecule has 2 aliphatic rings. The van der Waals surface area contributed by atoms with Crippen molar-refractivity contribution in [1.29, 1.82) is 0 Å². The average molecular weight is 212 g/mol. The van der Waals surface area contributed by atoms with Crippen molar-refractivity contribution < 1.29 is 9.53 Å². The summed E-state index contributed by atoms with van der Waals surface area (Å²) in [6.45, 7) is 6.62. The second-order valence-electron chi connectivity index (χ2n) is 4.52. The summed E-state index contributed by atoms with van der Waals surface area (Å²) >= 11 is 0. The lowest BCUT2D eigenvalue weighted by Gasteiger charge is -2.23. The Bertz CT molecular complexity index is 239. The van der Waals surface area contributed by atoms with Crippen LogP contribution in [0.3, 0.4) is 0 Å². The first-order valence-electron chi connectivity index (χ1n) is 5.86. The summed E-state index contributed by atoms with van der Waals surface area (Å²) in [5, 5.41) is 3.31. The van der Waals surface area contributed by atoms with E-state index in [1.807, 2.05) is 11.8 Å². The molecule has 0 saturated carbocycles. The fourth-order valence-electron chi connectivity index (χ4n) is 2.39. The molecule has 2 fully saturated rings. The molecule has 0 spiro atoms. The normalized spacial score (nSPS) is 36.5. The predicted molar refractivity (Wildman–Crippen MR) is 57.3 cm³/mol. The fraction of sp³-hybridized carbons (Fsp3) is 0.909. The van der Waals surface area contributed by atoms with Gasteiger partial charge in [-0.25, -0.2) is 0 Å². The van der Waals surface area contributed by atoms with E-state index in [4.69, 9.17) is 4.74 Å². The van der Waals surface area contributed by atoms with Crippen molar-refractivity contribution in [2.24, 2.45) is 5.92 Å². The van der Waals surface area contributed by atoms with Crippen molar-refractivity contribution in [3.63, 3.8) is 0 Å². The topological polar surface area (TPSA) is 41.6 Å². The van der Waals surface area contributed by atoms with Gasteiger partial charge >= 0.3 is 0 Å². The zero-order chi connectivity index (χ0) is 10.8. The lowest BCUT2D eigenvalue weighted by atomic mass is 10.1. The van der Waals surface area contributed by atoms with Crippen LogP contribution in [0.4, 0.5) is 0 Å². The lowest BCUT2D eigenvalue weighted by molar-refractivity contribution is -0.130. The molecule has 0 aromatic carbocycles. The summed E-state index contributed by atoms with van der Waals surface area (Å²) in [6, 6.07) is 0.0299. The number of hydrogen-bond acceptors (Lipinski definition) is 3. The molecule has 2 heterocycles. The maximum absolute atomic E-state index is 12.0. The highest BCUT2D eigenvalue weighted by Gasteiger charge is 2.36. The average Bonchev–Trinajstić information content (AvgIpc) is 2.81. The van der Waals surface area contributed by atoms with Crippen LogP contribution in [0.1, 0.15) is 26.7 Å². The van der Waals surface area contributed by atoms with Crippen LogP contribution in [-0.2, 0) is 9.53 Å². The largest absolute Gasteiger partial charge is 0.381 e. The molecule has 1 N–H and O–H groups in total. The highest BCUT2D eigenvalue weighted by Crippen LogP contribution is 2.19. The number of hydrogen-bond donors (Lipinski definition) is 1. The Hall–Kier alpha value is -0.610. The van der Waals surface area contributed by atoms with Crippen LogP contribution in [0, 0.1) is 5.92 Å². The van der Waals surface area contributed by atoms with E-state index < -0.39 is 0 Å². The van der Waals surface area contributed by atoms with Gasteiger partial charge in [0.1, 0.15) is 0 Å². The van der Waals surface area contributed by atoms with Crippen LogP contribution < -0.4 is 5.32 Å². The van der Waals surface area contributed by atoms with Crippen LogP contribution in [0.2, 0.25) is 0 Å². The molecule has 4 heteroatoms. The highest BCUT2D eigenvalue weighted by molar-refractivity contribution is 5.84. The van der Waals surface area contributed by atoms with Crippen molar-refractivity contribution >= 4 is 5.91 Å². The summed E-state index contributed by atoms with van der Waals surface area (Å²) in [7, 11) is 0. The number of nitrogens with one attached hydrogen (secondary N) is 1. The molecular weight excluding hydrogens is 192 g/mol. The van der Waals surface area contributed by atoms with E-state index >= 15 is 0 Å². The Labute approximate surface area is 91.0 Å². The molecule has 2 rings (SSSR count). The molecular formula is C11H20N2O2. The maximum atomic E-state index is 12.0. The van der Waals surface area contributed by atoms with E-state index in [-0.39, 0.29) is 18.1 Å². The number of amides is 1. The number of carbonyl (C=O) groups excluding carboxylic acids is 1. The first kappa shape index (κ1) is 10.9. The summed E-state index contributed by atoms with van der Waals surface area (Å²) in [6.07, 6.45) is 2.15. The van der Waals surface area contributed by atoms with Crippen LogP contribution in [-0.4, -0.2) is 42.8 Å². The quantitative estimate of drug-likeness (QED) is 0.744. The van der Waals surface area contributed by atoms with Gasteiger partial charge in [-0.3, -0.25) is 10.1 Å². The zero-order valence-corrected chi connectivity index (χ0v) is 9.53. The molecule has 0 radical (unpaired) electrons. The third kappa shape index (κ3) is 2.16. The Morgan fingerprint density at radius 3 is 2.93 bits per heavy atom. The maximum Gasteiger partial charge on any atom is 0.241 e. The first-order valence-corrected chi connectivity index (χ1v) is 5.86. The van der Waals surface area contributed by atoms with Gasteiger partial charge in [0.2, 0.25) is 5.91 Å². The Kier molecular flexibility index (Phi) is 3.26. The number of ether oxygens (including phenoxy) is 1. The van der Waals surface area contributed by atoms with Gasteiger partial charge < -0.3 is 9.64 Å². The van der Waals surface area contributed by atoms with Crippen molar-refractivity contribution in [3.8, 4) is 0 Å². The standard InChI is InChI=1S/C11H20N2O2/c1-3-10-11(14)13(8(2)12-10)6-9-4-5-15-7-9/h8-10,12H,3-7H2,1-2H3. The molecule has 86 valence electrons. The van der Waals surface area contributed by atoms with Crippen LogP contribution in [0.5, 0.6) is 0 Å². The SMILES string of the molecule is CCC1NC(C)N(CC2CCOC2)C1=O. The van der Waals surface area contributed by atoms with E-state index in [0.29, 0.717) is 5.92 Å². The van der Waals surface area contributed by atoms with Gasteiger partial charge in [0.05, 0.1) is 18.8 Å². The highest BCUT2D eigenvalue weighted by atomic mass is 16.5. The molecule has 3 atom stereocenters. The van der Waals surface area contributed by atoms with Crippen molar-refractivity contribution in [2.75, 3.05) is 19.8 Å². The second-order valence-corrected chi connectivity index (χ2v) is 4.52. The number of carbonyl (C=O) groups is 1. The molecule has 15 heavy (non-hydrogen) atoms. The molecule has 2 aliphatic heterocycles. The van der Waals surface area contributed by atoms with E-state index in [1.54, 1.807) is 0 Å². The van der Waals surface area contributed by atoms with Crippen molar-refractivity contribution in [2.45, 2.75) is 38.9 Å². The molecule has 0 aliphatic carbocycles. The molecule has 0 aromatic rings. The van der Waals surface area contributed by atoms with Gasteiger partial charge in [-0.1, -0.05) is 6.92 Å². The summed E-state index contributed by atoms with van der Waals surface area (Å²) in [5.41, 5.74) is 0. The molecule has 0 aromatic heterocycles. The Morgan fingerprint density at radius 1 is 1.60 bits per heavy atom.